The van der Waals surface area contributed by atoms with E-state index in [1.807, 2.05) is 44.2 Å². The van der Waals surface area contributed by atoms with Gasteiger partial charge in [0.15, 0.2) is 5.67 Å². The average molecular weight is 345 g/mol. The number of aliphatic hydroxyl groups is 1. The van der Waals surface area contributed by atoms with Gasteiger partial charge in [-0.2, -0.15) is 5.10 Å². The first-order valence-electron chi connectivity index (χ1n) is 8.59. The molecule has 1 saturated heterocycles. The SMILES string of the molecule is CCn1nc(C)c(C(=O)N2CC(c3ccccc3)C(F)(CO)C2)c1C. The van der Waals surface area contributed by atoms with Gasteiger partial charge < -0.3 is 10.0 Å². The van der Waals surface area contributed by atoms with Crippen LogP contribution in [-0.2, 0) is 6.54 Å². The maximum atomic E-state index is 15.3. The van der Waals surface area contributed by atoms with E-state index in [0.29, 0.717) is 17.8 Å². The van der Waals surface area contributed by atoms with Crippen LogP contribution in [0.3, 0.4) is 0 Å². The Bertz CT molecular complexity index is 774. The number of benzene rings is 1. The molecule has 5 nitrogen and oxygen atoms in total. The zero-order valence-corrected chi connectivity index (χ0v) is 14.9. The topological polar surface area (TPSA) is 58.4 Å². The summed E-state index contributed by atoms with van der Waals surface area (Å²) in [5.41, 5.74) is 0.949. The predicted molar refractivity (Wildman–Crippen MR) is 93.4 cm³/mol. The quantitative estimate of drug-likeness (QED) is 0.926. The van der Waals surface area contributed by atoms with Crippen molar-refractivity contribution in [1.29, 1.82) is 0 Å². The number of likely N-dealkylation sites (tertiary alicyclic amines) is 1. The first-order chi connectivity index (χ1) is 11.9. The molecule has 0 saturated carbocycles. The van der Waals surface area contributed by atoms with Crippen molar-refractivity contribution in [2.75, 3.05) is 19.7 Å². The Morgan fingerprint density at radius 2 is 2.04 bits per heavy atom. The van der Waals surface area contributed by atoms with Crippen molar-refractivity contribution in [2.45, 2.75) is 38.9 Å². The molecule has 0 aliphatic carbocycles. The summed E-state index contributed by atoms with van der Waals surface area (Å²) in [5, 5.41) is 14.0. The van der Waals surface area contributed by atoms with Gasteiger partial charge in [-0.1, -0.05) is 30.3 Å². The van der Waals surface area contributed by atoms with Crippen LogP contribution in [0.4, 0.5) is 4.39 Å². The van der Waals surface area contributed by atoms with Gasteiger partial charge in [-0.05, 0) is 26.3 Å². The van der Waals surface area contributed by atoms with Gasteiger partial charge in [0.1, 0.15) is 0 Å². The summed E-state index contributed by atoms with van der Waals surface area (Å²) in [6.07, 6.45) is 0. The molecule has 2 aromatic rings. The Morgan fingerprint density at radius 1 is 1.36 bits per heavy atom. The van der Waals surface area contributed by atoms with Crippen molar-refractivity contribution < 1.29 is 14.3 Å². The minimum absolute atomic E-state index is 0.113. The van der Waals surface area contributed by atoms with Crippen LogP contribution in [0.5, 0.6) is 0 Å². The van der Waals surface area contributed by atoms with Crippen LogP contribution in [0.25, 0.3) is 0 Å². The fourth-order valence-corrected chi connectivity index (χ4v) is 3.75. The number of amides is 1. The van der Waals surface area contributed by atoms with Gasteiger partial charge in [0, 0.05) is 24.7 Å². The summed E-state index contributed by atoms with van der Waals surface area (Å²) in [6.45, 7) is 5.82. The van der Waals surface area contributed by atoms with Gasteiger partial charge in [0.05, 0.1) is 24.4 Å². The molecule has 1 aromatic heterocycles. The monoisotopic (exact) mass is 345 g/mol. The van der Waals surface area contributed by atoms with Crippen LogP contribution in [0.1, 0.15) is 40.2 Å². The molecule has 0 bridgehead atoms. The van der Waals surface area contributed by atoms with E-state index in [0.717, 1.165) is 11.3 Å². The summed E-state index contributed by atoms with van der Waals surface area (Å²) in [5.74, 6) is -0.756. The minimum Gasteiger partial charge on any atom is -0.393 e. The highest BCUT2D eigenvalue weighted by Crippen LogP contribution is 2.39. The smallest absolute Gasteiger partial charge is 0.257 e. The lowest BCUT2D eigenvalue weighted by atomic mass is 9.87. The molecule has 1 aliphatic heterocycles. The third-order valence-electron chi connectivity index (χ3n) is 5.13. The normalized spacial score (nSPS) is 23.2. The molecule has 6 heteroatoms. The number of carbonyl (C=O) groups is 1. The molecular formula is C19H24FN3O2. The molecule has 0 radical (unpaired) electrons. The Kier molecular flexibility index (Phi) is 4.64. The number of carbonyl (C=O) groups excluding carboxylic acids is 1. The van der Waals surface area contributed by atoms with E-state index < -0.39 is 18.2 Å². The van der Waals surface area contributed by atoms with Gasteiger partial charge in [-0.25, -0.2) is 4.39 Å². The highest BCUT2D eigenvalue weighted by molar-refractivity contribution is 5.96. The van der Waals surface area contributed by atoms with E-state index in [4.69, 9.17) is 0 Å². The first kappa shape index (κ1) is 17.6. The molecule has 2 unspecified atom stereocenters. The largest absolute Gasteiger partial charge is 0.393 e. The number of halogens is 1. The van der Waals surface area contributed by atoms with E-state index in [1.54, 1.807) is 11.6 Å². The zero-order valence-electron chi connectivity index (χ0n) is 14.9. The minimum atomic E-state index is -1.83. The van der Waals surface area contributed by atoms with Crippen molar-refractivity contribution in [3.05, 3.63) is 52.8 Å². The predicted octanol–water partition coefficient (Wildman–Crippen LogP) is 2.46. The maximum absolute atomic E-state index is 15.3. The second-order valence-electron chi connectivity index (χ2n) is 6.70. The lowest BCUT2D eigenvalue weighted by Gasteiger charge is -2.23. The van der Waals surface area contributed by atoms with E-state index in [1.165, 1.54) is 4.90 Å². The number of aliphatic hydroxyl groups excluding tert-OH is 1. The molecule has 1 aliphatic rings. The third-order valence-corrected chi connectivity index (χ3v) is 5.13. The second kappa shape index (κ2) is 6.59. The molecule has 25 heavy (non-hydrogen) atoms. The fraction of sp³-hybridized carbons (Fsp3) is 0.474. The van der Waals surface area contributed by atoms with Crippen molar-refractivity contribution in [2.24, 2.45) is 0 Å². The lowest BCUT2D eigenvalue weighted by Crippen LogP contribution is -2.37. The van der Waals surface area contributed by atoms with Crippen molar-refractivity contribution >= 4 is 5.91 Å². The number of alkyl halides is 1. The fourth-order valence-electron chi connectivity index (χ4n) is 3.75. The molecule has 1 N–H and O–H groups in total. The standard InChI is InChI=1S/C19H24FN3O2/c1-4-23-14(3)17(13(2)21-23)18(25)22-10-16(19(20,11-22)12-24)15-8-6-5-7-9-15/h5-9,16,24H,4,10-12H2,1-3H3. The molecule has 0 spiro atoms. The van der Waals surface area contributed by atoms with Gasteiger partial charge >= 0.3 is 0 Å². The Labute approximate surface area is 147 Å². The summed E-state index contributed by atoms with van der Waals surface area (Å²) in [7, 11) is 0. The van der Waals surface area contributed by atoms with E-state index in [-0.39, 0.29) is 19.0 Å². The van der Waals surface area contributed by atoms with Crippen molar-refractivity contribution in [3.8, 4) is 0 Å². The first-order valence-corrected chi connectivity index (χ1v) is 8.59. The molecular weight excluding hydrogens is 321 g/mol. The Balaban J connectivity index is 1.92. The molecule has 2 atom stereocenters. The van der Waals surface area contributed by atoms with E-state index >= 15 is 4.39 Å². The number of aromatic nitrogens is 2. The van der Waals surface area contributed by atoms with Crippen LogP contribution in [0.2, 0.25) is 0 Å². The molecule has 1 fully saturated rings. The highest BCUT2D eigenvalue weighted by atomic mass is 19.1. The summed E-state index contributed by atoms with van der Waals surface area (Å²) < 4.78 is 17.1. The molecule has 3 rings (SSSR count). The Morgan fingerprint density at radius 3 is 2.60 bits per heavy atom. The highest BCUT2D eigenvalue weighted by Gasteiger charge is 2.49. The number of hydrogen-bond donors (Lipinski definition) is 1. The molecule has 134 valence electrons. The maximum Gasteiger partial charge on any atom is 0.257 e. The number of rotatable bonds is 4. The lowest BCUT2D eigenvalue weighted by molar-refractivity contribution is 0.0575. The van der Waals surface area contributed by atoms with Crippen molar-refractivity contribution in [1.82, 2.24) is 14.7 Å². The second-order valence-corrected chi connectivity index (χ2v) is 6.70. The average Bonchev–Trinajstić information content (AvgIpc) is 3.12. The van der Waals surface area contributed by atoms with Crippen molar-refractivity contribution in [3.63, 3.8) is 0 Å². The Hall–Kier alpha value is -2.21. The van der Waals surface area contributed by atoms with Crippen LogP contribution in [0.15, 0.2) is 30.3 Å². The molecule has 1 amide bonds. The summed E-state index contributed by atoms with van der Waals surface area (Å²) in [6, 6.07) is 9.24. The number of aryl methyl sites for hydroxylation is 2. The summed E-state index contributed by atoms with van der Waals surface area (Å²) >= 11 is 0. The van der Waals surface area contributed by atoms with Gasteiger partial charge in [-0.15, -0.1) is 0 Å². The van der Waals surface area contributed by atoms with Gasteiger partial charge in [0.25, 0.3) is 5.91 Å². The zero-order chi connectivity index (χ0) is 18.2. The van der Waals surface area contributed by atoms with Crippen LogP contribution in [-0.4, -0.2) is 51.1 Å². The number of hydrogen-bond acceptors (Lipinski definition) is 3. The van der Waals surface area contributed by atoms with Gasteiger partial charge in [0.2, 0.25) is 0 Å². The van der Waals surface area contributed by atoms with Crippen LogP contribution < -0.4 is 0 Å². The number of nitrogens with zero attached hydrogens (tertiary/aromatic N) is 3. The van der Waals surface area contributed by atoms with Crippen LogP contribution >= 0.6 is 0 Å². The van der Waals surface area contributed by atoms with E-state index in [9.17, 15) is 9.90 Å². The summed E-state index contributed by atoms with van der Waals surface area (Å²) in [4.78, 5) is 14.5. The van der Waals surface area contributed by atoms with Gasteiger partial charge in [-0.3, -0.25) is 9.48 Å². The third kappa shape index (κ3) is 2.95. The molecule has 2 heterocycles. The van der Waals surface area contributed by atoms with E-state index in [2.05, 4.69) is 5.10 Å². The van der Waals surface area contributed by atoms with Crippen LogP contribution in [0, 0.1) is 13.8 Å². The molecule has 1 aromatic carbocycles.